The first-order valence-electron chi connectivity index (χ1n) is 7.07. The number of hydrogen-bond donors (Lipinski definition) is 3. The van der Waals surface area contributed by atoms with Crippen LogP contribution in [0.4, 0.5) is 0 Å². The second-order valence-corrected chi connectivity index (χ2v) is 7.23. The van der Waals surface area contributed by atoms with Crippen LogP contribution in [-0.2, 0) is 11.2 Å². The highest BCUT2D eigenvalue weighted by atomic mass is 28.4. The van der Waals surface area contributed by atoms with E-state index in [2.05, 4.69) is 0 Å². The topological polar surface area (TPSA) is 79.2 Å². The van der Waals surface area contributed by atoms with Gasteiger partial charge in [-0.1, -0.05) is 12.1 Å². The van der Waals surface area contributed by atoms with Gasteiger partial charge in [0.1, 0.15) is 5.75 Å². The third-order valence-electron chi connectivity index (χ3n) is 3.31. The van der Waals surface area contributed by atoms with Crippen LogP contribution in [0.15, 0.2) is 24.3 Å². The summed E-state index contributed by atoms with van der Waals surface area (Å²) in [6.07, 6.45) is 4.29. The first kappa shape index (κ1) is 15.5. The molecule has 0 bridgehead atoms. The zero-order chi connectivity index (χ0) is 14.4. The van der Waals surface area contributed by atoms with E-state index in [0.29, 0.717) is 12.8 Å². The van der Waals surface area contributed by atoms with Gasteiger partial charge in [-0.3, -0.25) is 0 Å². The minimum absolute atomic E-state index is 0.0706. The van der Waals surface area contributed by atoms with Crippen LogP contribution in [-0.4, -0.2) is 36.1 Å². The average molecular weight is 298 g/mol. The van der Waals surface area contributed by atoms with Crippen molar-refractivity contribution < 1.29 is 23.9 Å². The van der Waals surface area contributed by atoms with E-state index in [9.17, 15) is 0 Å². The number of benzene rings is 1. The molecular weight excluding hydrogens is 276 g/mol. The lowest BCUT2D eigenvalue weighted by Crippen LogP contribution is -2.34. The summed E-state index contributed by atoms with van der Waals surface area (Å²) in [4.78, 5) is 26.8. The molecule has 5 nitrogen and oxygen atoms in total. The third-order valence-corrected chi connectivity index (χ3v) is 4.33. The van der Waals surface area contributed by atoms with Crippen molar-refractivity contribution in [3.05, 3.63) is 29.8 Å². The lowest BCUT2D eigenvalue weighted by atomic mass is 10.1. The highest BCUT2D eigenvalue weighted by Crippen LogP contribution is 2.20. The lowest BCUT2D eigenvalue weighted by Gasteiger charge is -2.23. The van der Waals surface area contributed by atoms with E-state index in [1.165, 1.54) is 0 Å². The van der Waals surface area contributed by atoms with Crippen molar-refractivity contribution in [2.24, 2.45) is 0 Å². The van der Waals surface area contributed by atoms with Crippen molar-refractivity contribution in [1.82, 2.24) is 0 Å². The molecule has 0 aliphatic carbocycles. The average Bonchev–Trinajstić information content (AvgIpc) is 2.41. The number of hydrogen-bond acceptors (Lipinski definition) is 5. The Balaban J connectivity index is 1.77. The summed E-state index contributed by atoms with van der Waals surface area (Å²) >= 11 is 0. The maximum absolute atomic E-state index is 8.94. The maximum atomic E-state index is 8.94. The molecule has 1 aliphatic rings. The highest BCUT2D eigenvalue weighted by molar-refractivity contribution is 6.56. The van der Waals surface area contributed by atoms with E-state index in [1.807, 2.05) is 24.3 Å². The molecule has 6 heteroatoms. The predicted molar refractivity (Wildman–Crippen MR) is 76.2 cm³/mol. The fourth-order valence-corrected chi connectivity index (χ4v) is 2.87. The van der Waals surface area contributed by atoms with Crippen molar-refractivity contribution >= 4 is 8.80 Å². The molecule has 0 radical (unpaired) electrons. The summed E-state index contributed by atoms with van der Waals surface area (Å²) in [6, 6.07) is 7.77. The Hall–Kier alpha value is -0.923. The van der Waals surface area contributed by atoms with Gasteiger partial charge in [-0.25, -0.2) is 0 Å². The van der Waals surface area contributed by atoms with E-state index in [-0.39, 0.29) is 12.3 Å². The lowest BCUT2D eigenvalue weighted by molar-refractivity contribution is -0.105. The summed E-state index contributed by atoms with van der Waals surface area (Å²) in [7, 11) is -3.89. The van der Waals surface area contributed by atoms with Crippen molar-refractivity contribution in [1.29, 1.82) is 0 Å². The number of aryl methyl sites for hydroxylation is 1. The predicted octanol–water partition coefficient (Wildman–Crippen LogP) is 1.44. The van der Waals surface area contributed by atoms with Gasteiger partial charge in [0.05, 0.1) is 6.61 Å². The maximum Gasteiger partial charge on any atom is 0.492 e. The molecular formula is C14H22O5Si. The first-order chi connectivity index (χ1) is 9.53. The zero-order valence-corrected chi connectivity index (χ0v) is 12.5. The van der Waals surface area contributed by atoms with Gasteiger partial charge in [-0.2, -0.15) is 0 Å². The van der Waals surface area contributed by atoms with Crippen molar-refractivity contribution in [2.45, 2.75) is 44.4 Å². The van der Waals surface area contributed by atoms with Crippen LogP contribution in [0.25, 0.3) is 0 Å². The highest BCUT2D eigenvalue weighted by Gasteiger charge is 2.25. The molecule has 1 aromatic rings. The molecule has 1 heterocycles. The molecule has 2 rings (SSSR count). The Morgan fingerprint density at radius 3 is 2.50 bits per heavy atom. The monoisotopic (exact) mass is 298 g/mol. The molecule has 20 heavy (non-hydrogen) atoms. The second-order valence-electron chi connectivity index (χ2n) is 5.19. The minimum atomic E-state index is -3.89. The van der Waals surface area contributed by atoms with Gasteiger partial charge in [0.15, 0.2) is 6.29 Å². The number of ether oxygens (including phenoxy) is 2. The minimum Gasteiger partial charge on any atom is -0.465 e. The van der Waals surface area contributed by atoms with Gasteiger partial charge in [-0.15, -0.1) is 0 Å². The van der Waals surface area contributed by atoms with Crippen LogP contribution >= 0.6 is 0 Å². The Labute approximate surface area is 120 Å². The Kier molecular flexibility index (Phi) is 5.56. The third kappa shape index (κ3) is 5.60. The molecule has 1 unspecified atom stereocenters. The SMILES string of the molecule is O[Si](O)(O)CCCc1ccc(OC2CCCCO2)cc1. The van der Waals surface area contributed by atoms with Gasteiger partial charge in [0.2, 0.25) is 0 Å². The summed E-state index contributed by atoms with van der Waals surface area (Å²) < 4.78 is 11.2. The Bertz CT molecular complexity index is 395. The van der Waals surface area contributed by atoms with Gasteiger partial charge < -0.3 is 23.9 Å². The van der Waals surface area contributed by atoms with Gasteiger partial charge >= 0.3 is 8.80 Å². The smallest absolute Gasteiger partial charge is 0.465 e. The summed E-state index contributed by atoms with van der Waals surface area (Å²) in [5, 5.41) is 0. The zero-order valence-electron chi connectivity index (χ0n) is 11.5. The van der Waals surface area contributed by atoms with Crippen LogP contribution in [0.2, 0.25) is 6.04 Å². The summed E-state index contributed by atoms with van der Waals surface area (Å²) in [6.45, 7) is 0.762. The van der Waals surface area contributed by atoms with Crippen LogP contribution in [0.1, 0.15) is 31.2 Å². The molecule has 1 saturated heterocycles. The second kappa shape index (κ2) is 7.19. The largest absolute Gasteiger partial charge is 0.492 e. The molecule has 0 amide bonds. The fourth-order valence-electron chi connectivity index (χ4n) is 2.22. The van der Waals surface area contributed by atoms with E-state index >= 15 is 0 Å². The van der Waals surface area contributed by atoms with Crippen molar-refractivity contribution in [3.8, 4) is 5.75 Å². The summed E-state index contributed by atoms with van der Waals surface area (Å²) in [5.41, 5.74) is 1.08. The quantitative estimate of drug-likeness (QED) is 0.693. The molecule has 0 saturated carbocycles. The normalized spacial score (nSPS) is 19.9. The molecule has 112 valence electrons. The van der Waals surface area contributed by atoms with Crippen molar-refractivity contribution in [3.63, 3.8) is 0 Å². The van der Waals surface area contributed by atoms with E-state index in [0.717, 1.165) is 37.2 Å². The number of rotatable bonds is 6. The van der Waals surface area contributed by atoms with E-state index in [1.54, 1.807) is 0 Å². The first-order valence-corrected chi connectivity index (χ1v) is 9.12. The van der Waals surface area contributed by atoms with Crippen LogP contribution in [0, 0.1) is 0 Å². The molecule has 0 spiro atoms. The molecule has 1 atom stereocenters. The molecule has 1 aliphatic heterocycles. The molecule has 1 aromatic carbocycles. The standard InChI is InChI=1S/C14H22O5Si/c15-20(16,17)11-3-4-12-6-8-13(9-7-12)19-14-5-1-2-10-18-14/h6-9,14-17H,1-5,10-11H2. The van der Waals surface area contributed by atoms with Gasteiger partial charge in [0.25, 0.3) is 0 Å². The van der Waals surface area contributed by atoms with E-state index in [4.69, 9.17) is 23.9 Å². The van der Waals surface area contributed by atoms with Gasteiger partial charge in [0, 0.05) is 12.5 Å². The Morgan fingerprint density at radius 2 is 1.90 bits per heavy atom. The fraction of sp³-hybridized carbons (Fsp3) is 0.571. The molecule has 0 aromatic heterocycles. The van der Waals surface area contributed by atoms with Gasteiger partial charge in [-0.05, 0) is 43.4 Å². The van der Waals surface area contributed by atoms with Crippen LogP contribution < -0.4 is 4.74 Å². The van der Waals surface area contributed by atoms with Crippen molar-refractivity contribution in [2.75, 3.05) is 6.61 Å². The van der Waals surface area contributed by atoms with Crippen LogP contribution in [0.5, 0.6) is 5.75 Å². The molecule has 3 N–H and O–H groups in total. The van der Waals surface area contributed by atoms with E-state index < -0.39 is 8.80 Å². The summed E-state index contributed by atoms with van der Waals surface area (Å²) in [5.74, 6) is 0.788. The Morgan fingerprint density at radius 1 is 1.15 bits per heavy atom. The molecule has 1 fully saturated rings. The van der Waals surface area contributed by atoms with Crippen LogP contribution in [0.3, 0.4) is 0 Å².